The molecule has 3 N–H and O–H groups in total. The number of aliphatic imine (C=N–C) groups is 1. The van der Waals surface area contributed by atoms with E-state index in [0.717, 1.165) is 12.0 Å². The van der Waals surface area contributed by atoms with Crippen LogP contribution in [0.25, 0.3) is 0 Å². The van der Waals surface area contributed by atoms with Crippen molar-refractivity contribution in [3.63, 3.8) is 0 Å². The van der Waals surface area contributed by atoms with Gasteiger partial charge in [0.05, 0.1) is 6.04 Å². The van der Waals surface area contributed by atoms with Crippen LogP contribution < -0.4 is 16.7 Å². The summed E-state index contributed by atoms with van der Waals surface area (Å²) in [5.41, 5.74) is 5.22. The first kappa shape index (κ1) is 23.6. The molecule has 2 heterocycles. The predicted molar refractivity (Wildman–Crippen MR) is 114 cm³/mol. The Bertz CT molecular complexity index is 804. The molecule has 29 heavy (non-hydrogen) atoms. The highest BCUT2D eigenvalue weighted by atomic mass is 32.2. The lowest BCUT2D eigenvalue weighted by Crippen LogP contribution is -2.54. The quantitative estimate of drug-likeness (QED) is 0.553. The molecule has 0 aromatic carbocycles. The Balaban J connectivity index is 2.25. The molecule has 0 saturated heterocycles. The maximum Gasteiger partial charge on any atom is 0.336 e. The second kappa shape index (κ2) is 9.88. The summed E-state index contributed by atoms with van der Waals surface area (Å²) in [5, 5.41) is 3.44. The molecule has 1 aliphatic heterocycles. The SMILES string of the molecule is CCC[C@@H](NC(=O)[C@]1(N)CSC(C(C)(OCC)OCC)=N1)c1cc(C)cc(=O)o1. The van der Waals surface area contributed by atoms with Crippen LogP contribution in [0.5, 0.6) is 0 Å². The van der Waals surface area contributed by atoms with E-state index >= 15 is 0 Å². The zero-order chi connectivity index (χ0) is 21.7. The number of ether oxygens (including phenoxy) is 2. The standard InChI is InChI=1S/C20H31N3O5S/c1-6-9-14(15-10-13(4)11-16(24)28-15)22-17(25)20(21)12-29-18(23-20)19(5,26-7-2)27-8-3/h10-11,14H,6-9,12,21H2,1-5H3,(H,22,25)/t14-,20+/m1/s1. The molecule has 9 heteroatoms. The minimum absolute atomic E-state index is 0.264. The van der Waals surface area contributed by atoms with E-state index in [1.807, 2.05) is 27.7 Å². The first-order chi connectivity index (χ1) is 13.7. The third-order valence-corrected chi connectivity index (χ3v) is 5.83. The van der Waals surface area contributed by atoms with Gasteiger partial charge in [-0.3, -0.25) is 10.5 Å². The number of thioether (sulfide) groups is 1. The highest BCUT2D eigenvalue weighted by Crippen LogP contribution is 2.33. The molecule has 1 aromatic heterocycles. The van der Waals surface area contributed by atoms with Crippen molar-refractivity contribution in [3.05, 3.63) is 33.9 Å². The fourth-order valence-electron chi connectivity index (χ4n) is 3.15. The van der Waals surface area contributed by atoms with Gasteiger partial charge in [-0.25, -0.2) is 9.79 Å². The van der Waals surface area contributed by atoms with E-state index in [1.165, 1.54) is 17.8 Å². The zero-order valence-corrected chi connectivity index (χ0v) is 18.6. The van der Waals surface area contributed by atoms with Crippen LogP contribution in [0.2, 0.25) is 0 Å². The molecule has 0 unspecified atom stereocenters. The Hall–Kier alpha value is -1.68. The third-order valence-electron chi connectivity index (χ3n) is 4.51. The maximum atomic E-state index is 13.0. The van der Waals surface area contributed by atoms with E-state index in [0.29, 0.717) is 30.4 Å². The average Bonchev–Trinajstić information content (AvgIpc) is 3.05. The van der Waals surface area contributed by atoms with Gasteiger partial charge in [0.2, 0.25) is 5.79 Å². The molecule has 0 radical (unpaired) electrons. The van der Waals surface area contributed by atoms with Crippen molar-refractivity contribution in [1.82, 2.24) is 5.32 Å². The minimum Gasteiger partial charge on any atom is -0.426 e. The number of hydrogen-bond acceptors (Lipinski definition) is 8. The fourth-order valence-corrected chi connectivity index (χ4v) is 4.31. The Morgan fingerprint density at radius 1 is 1.38 bits per heavy atom. The van der Waals surface area contributed by atoms with Gasteiger partial charge in [0, 0.05) is 25.0 Å². The number of hydrogen-bond donors (Lipinski definition) is 2. The topological polar surface area (TPSA) is 116 Å². The van der Waals surface area contributed by atoms with Crippen LogP contribution in [-0.2, 0) is 14.3 Å². The molecule has 162 valence electrons. The van der Waals surface area contributed by atoms with Gasteiger partial charge >= 0.3 is 5.63 Å². The van der Waals surface area contributed by atoms with Crippen molar-refractivity contribution in [3.8, 4) is 0 Å². The zero-order valence-electron chi connectivity index (χ0n) is 17.7. The Labute approximate surface area is 175 Å². The fraction of sp³-hybridized carbons (Fsp3) is 0.650. The largest absolute Gasteiger partial charge is 0.426 e. The van der Waals surface area contributed by atoms with Crippen LogP contribution in [0.1, 0.15) is 57.9 Å². The molecule has 2 rings (SSSR count). The molecule has 1 aliphatic rings. The number of nitrogens with one attached hydrogen (secondary N) is 1. The van der Waals surface area contributed by atoms with Gasteiger partial charge < -0.3 is 19.2 Å². The molecule has 0 aliphatic carbocycles. The molecule has 8 nitrogen and oxygen atoms in total. The summed E-state index contributed by atoms with van der Waals surface area (Å²) >= 11 is 1.35. The van der Waals surface area contributed by atoms with Gasteiger partial charge in [0.15, 0.2) is 5.66 Å². The molecule has 0 bridgehead atoms. The summed E-state index contributed by atoms with van der Waals surface area (Å²) in [6.45, 7) is 10.2. The van der Waals surface area contributed by atoms with Crippen LogP contribution in [0.4, 0.5) is 0 Å². The number of carbonyl (C=O) groups is 1. The molecular weight excluding hydrogens is 394 g/mol. The van der Waals surface area contributed by atoms with Crippen molar-refractivity contribution in [2.24, 2.45) is 10.7 Å². The minimum atomic E-state index is -1.45. The second-order valence-electron chi connectivity index (χ2n) is 7.11. The Morgan fingerprint density at radius 2 is 2.03 bits per heavy atom. The number of amides is 1. The summed E-state index contributed by atoms with van der Waals surface area (Å²) in [4.78, 5) is 29.2. The summed E-state index contributed by atoms with van der Waals surface area (Å²) in [6.07, 6.45) is 1.39. The molecule has 0 saturated carbocycles. The Kier molecular flexibility index (Phi) is 8.04. The molecule has 0 fully saturated rings. The van der Waals surface area contributed by atoms with Crippen molar-refractivity contribution in [2.75, 3.05) is 19.0 Å². The van der Waals surface area contributed by atoms with E-state index < -0.39 is 29.0 Å². The Morgan fingerprint density at radius 3 is 2.59 bits per heavy atom. The van der Waals surface area contributed by atoms with Crippen LogP contribution in [-0.4, -0.2) is 41.4 Å². The van der Waals surface area contributed by atoms with E-state index in [-0.39, 0.29) is 5.75 Å². The summed E-state index contributed by atoms with van der Waals surface area (Å²) in [5.74, 6) is -0.794. The first-order valence-corrected chi connectivity index (χ1v) is 10.9. The maximum absolute atomic E-state index is 13.0. The van der Waals surface area contributed by atoms with Gasteiger partial charge in [0.1, 0.15) is 10.8 Å². The normalized spacial score (nSPS) is 20.4. The lowest BCUT2D eigenvalue weighted by atomic mass is 10.1. The van der Waals surface area contributed by atoms with E-state index in [4.69, 9.17) is 19.6 Å². The highest BCUT2D eigenvalue weighted by Gasteiger charge is 2.46. The lowest BCUT2D eigenvalue weighted by Gasteiger charge is -2.28. The predicted octanol–water partition coefficient (Wildman–Crippen LogP) is 2.50. The lowest BCUT2D eigenvalue weighted by molar-refractivity contribution is -0.169. The number of rotatable bonds is 10. The van der Waals surface area contributed by atoms with Crippen molar-refractivity contribution >= 4 is 22.7 Å². The molecule has 0 spiro atoms. The molecule has 1 amide bonds. The van der Waals surface area contributed by atoms with E-state index in [9.17, 15) is 9.59 Å². The van der Waals surface area contributed by atoms with Crippen LogP contribution in [0, 0.1) is 6.92 Å². The molecule has 2 atom stereocenters. The number of carbonyl (C=O) groups excluding carboxylic acids is 1. The molecular formula is C20H31N3O5S. The summed E-state index contributed by atoms with van der Waals surface area (Å²) < 4.78 is 16.8. The average molecular weight is 426 g/mol. The first-order valence-electron chi connectivity index (χ1n) is 9.90. The van der Waals surface area contributed by atoms with E-state index in [1.54, 1.807) is 13.0 Å². The summed E-state index contributed by atoms with van der Waals surface area (Å²) in [6, 6.07) is 2.70. The second-order valence-corrected chi connectivity index (χ2v) is 8.08. The monoisotopic (exact) mass is 425 g/mol. The van der Waals surface area contributed by atoms with E-state index in [2.05, 4.69) is 10.3 Å². The third kappa shape index (κ3) is 5.69. The van der Waals surface area contributed by atoms with Gasteiger partial charge in [0.25, 0.3) is 5.91 Å². The van der Waals surface area contributed by atoms with Crippen molar-refractivity contribution < 1.29 is 18.7 Å². The highest BCUT2D eigenvalue weighted by molar-refractivity contribution is 8.14. The molecule has 1 aromatic rings. The van der Waals surface area contributed by atoms with Crippen LogP contribution >= 0.6 is 11.8 Å². The van der Waals surface area contributed by atoms with Crippen LogP contribution in [0.15, 0.2) is 26.3 Å². The van der Waals surface area contributed by atoms with Gasteiger partial charge in [-0.05, 0) is 45.7 Å². The number of nitrogens with two attached hydrogens (primary N) is 1. The summed E-state index contributed by atoms with van der Waals surface area (Å²) in [7, 11) is 0. The number of aryl methyl sites for hydroxylation is 1. The van der Waals surface area contributed by atoms with Crippen molar-refractivity contribution in [1.29, 1.82) is 0 Å². The van der Waals surface area contributed by atoms with Crippen LogP contribution in [0.3, 0.4) is 0 Å². The van der Waals surface area contributed by atoms with Gasteiger partial charge in [-0.2, -0.15) is 0 Å². The van der Waals surface area contributed by atoms with Crippen molar-refractivity contribution in [2.45, 2.75) is 65.0 Å². The smallest absolute Gasteiger partial charge is 0.336 e. The van der Waals surface area contributed by atoms with Gasteiger partial charge in [-0.1, -0.05) is 13.3 Å². The number of nitrogens with zero attached hydrogens (tertiary/aromatic N) is 1. The van der Waals surface area contributed by atoms with Gasteiger partial charge in [-0.15, -0.1) is 11.8 Å².